The lowest BCUT2D eigenvalue weighted by atomic mass is 10.0. The molecule has 2 unspecified atom stereocenters. The van der Waals surface area contributed by atoms with Crippen LogP contribution in [0.25, 0.3) is 0 Å². The van der Waals surface area contributed by atoms with Crippen LogP contribution in [0.1, 0.15) is 31.4 Å². The zero-order chi connectivity index (χ0) is 13.0. The molecule has 1 aromatic rings. The van der Waals surface area contributed by atoms with Crippen molar-refractivity contribution >= 4 is 15.9 Å². The highest BCUT2D eigenvalue weighted by atomic mass is 79.9. The van der Waals surface area contributed by atoms with Gasteiger partial charge in [0.2, 0.25) is 0 Å². The molecule has 1 N–H and O–H groups in total. The van der Waals surface area contributed by atoms with Gasteiger partial charge in [-0.1, -0.05) is 0 Å². The maximum atomic E-state index is 13.6. The molecule has 96 valence electrons. The Bertz CT molecular complexity index is 385. The number of methoxy groups -OCH3 is 1. The highest BCUT2D eigenvalue weighted by Crippen LogP contribution is 2.29. The first-order valence-electron chi connectivity index (χ1n) is 5.31. The van der Waals surface area contributed by atoms with E-state index in [1.54, 1.807) is 7.11 Å². The smallest absolute Gasteiger partial charge is 0.146 e. The minimum Gasteiger partial charge on any atom is -0.388 e. The Kier molecular flexibility index (Phi) is 5.49. The van der Waals surface area contributed by atoms with Gasteiger partial charge in [-0.3, -0.25) is 0 Å². The van der Waals surface area contributed by atoms with E-state index in [0.29, 0.717) is 6.42 Å². The molecule has 0 heterocycles. The normalized spacial score (nSPS) is 14.7. The number of halogens is 3. The van der Waals surface area contributed by atoms with Crippen molar-refractivity contribution in [1.82, 2.24) is 0 Å². The third-order valence-corrected chi connectivity index (χ3v) is 3.27. The Morgan fingerprint density at radius 1 is 1.35 bits per heavy atom. The van der Waals surface area contributed by atoms with E-state index >= 15 is 0 Å². The van der Waals surface area contributed by atoms with E-state index in [-0.39, 0.29) is 22.6 Å². The monoisotopic (exact) mass is 308 g/mol. The maximum Gasteiger partial charge on any atom is 0.146 e. The molecule has 2 nitrogen and oxygen atoms in total. The molecule has 0 saturated carbocycles. The van der Waals surface area contributed by atoms with Crippen molar-refractivity contribution < 1.29 is 18.6 Å². The summed E-state index contributed by atoms with van der Waals surface area (Å²) < 4.78 is 32.2. The first-order chi connectivity index (χ1) is 7.97. The van der Waals surface area contributed by atoms with Gasteiger partial charge in [-0.25, -0.2) is 8.78 Å². The molecule has 17 heavy (non-hydrogen) atoms. The SMILES string of the molecule is COC(C)CCC(O)c1c(F)ccc(Br)c1F. The summed E-state index contributed by atoms with van der Waals surface area (Å²) in [6.45, 7) is 1.83. The fraction of sp³-hybridized carbons (Fsp3) is 0.500. The van der Waals surface area contributed by atoms with Gasteiger partial charge in [-0.05, 0) is 47.8 Å². The van der Waals surface area contributed by atoms with Crippen LogP contribution < -0.4 is 0 Å². The molecule has 0 saturated heterocycles. The molecule has 0 amide bonds. The van der Waals surface area contributed by atoms with Crippen LogP contribution in [0.2, 0.25) is 0 Å². The van der Waals surface area contributed by atoms with E-state index in [0.717, 1.165) is 6.07 Å². The summed E-state index contributed by atoms with van der Waals surface area (Å²) in [5.41, 5.74) is -0.289. The Hall–Kier alpha value is -0.520. The summed E-state index contributed by atoms with van der Waals surface area (Å²) in [4.78, 5) is 0. The van der Waals surface area contributed by atoms with E-state index in [1.807, 2.05) is 6.92 Å². The average Bonchev–Trinajstić information content (AvgIpc) is 2.31. The van der Waals surface area contributed by atoms with Crippen LogP contribution >= 0.6 is 15.9 Å². The van der Waals surface area contributed by atoms with E-state index in [2.05, 4.69) is 15.9 Å². The molecule has 1 aromatic carbocycles. The van der Waals surface area contributed by atoms with Crippen LogP contribution in [0.15, 0.2) is 16.6 Å². The zero-order valence-corrected chi connectivity index (χ0v) is 11.3. The average molecular weight is 309 g/mol. The lowest BCUT2D eigenvalue weighted by molar-refractivity contribution is 0.0828. The molecule has 0 radical (unpaired) electrons. The molecule has 0 aliphatic carbocycles. The molecule has 1 rings (SSSR count). The van der Waals surface area contributed by atoms with Gasteiger partial charge in [0, 0.05) is 7.11 Å². The van der Waals surface area contributed by atoms with Crippen LogP contribution in [0.4, 0.5) is 8.78 Å². The van der Waals surface area contributed by atoms with Crippen LogP contribution in [0.5, 0.6) is 0 Å². The quantitative estimate of drug-likeness (QED) is 0.843. The van der Waals surface area contributed by atoms with Gasteiger partial charge in [0.25, 0.3) is 0 Å². The lowest BCUT2D eigenvalue weighted by Gasteiger charge is -2.16. The van der Waals surface area contributed by atoms with Gasteiger partial charge < -0.3 is 9.84 Å². The van der Waals surface area contributed by atoms with Gasteiger partial charge in [0.1, 0.15) is 11.6 Å². The maximum absolute atomic E-state index is 13.6. The van der Waals surface area contributed by atoms with E-state index in [4.69, 9.17) is 4.74 Å². The largest absolute Gasteiger partial charge is 0.388 e. The highest BCUT2D eigenvalue weighted by molar-refractivity contribution is 9.10. The lowest BCUT2D eigenvalue weighted by Crippen LogP contribution is -2.10. The molecular formula is C12H15BrF2O2. The predicted octanol–water partition coefficient (Wildman–Crippen LogP) is 3.58. The summed E-state index contributed by atoms with van der Waals surface area (Å²) in [7, 11) is 1.55. The third kappa shape index (κ3) is 3.72. The summed E-state index contributed by atoms with van der Waals surface area (Å²) in [6, 6.07) is 2.41. The Morgan fingerprint density at radius 2 is 2.00 bits per heavy atom. The summed E-state index contributed by atoms with van der Waals surface area (Å²) in [5, 5.41) is 9.79. The van der Waals surface area contributed by atoms with E-state index in [1.165, 1.54) is 6.07 Å². The molecule has 0 spiro atoms. The van der Waals surface area contributed by atoms with Gasteiger partial charge in [-0.2, -0.15) is 0 Å². The van der Waals surface area contributed by atoms with Gasteiger partial charge >= 0.3 is 0 Å². The first kappa shape index (κ1) is 14.5. The molecule has 0 aliphatic heterocycles. The number of ether oxygens (including phenoxy) is 1. The van der Waals surface area contributed by atoms with Gasteiger partial charge in [-0.15, -0.1) is 0 Å². The molecular weight excluding hydrogens is 294 g/mol. The summed E-state index contributed by atoms with van der Waals surface area (Å²) >= 11 is 2.96. The second kappa shape index (κ2) is 6.42. The number of aliphatic hydroxyl groups excluding tert-OH is 1. The number of rotatable bonds is 5. The van der Waals surface area contributed by atoms with Gasteiger partial charge in [0.05, 0.1) is 22.2 Å². The second-order valence-corrected chi connectivity index (χ2v) is 4.75. The Labute approximate surface area is 108 Å². The fourth-order valence-electron chi connectivity index (χ4n) is 1.50. The van der Waals surface area contributed by atoms with E-state index in [9.17, 15) is 13.9 Å². The van der Waals surface area contributed by atoms with Crippen LogP contribution in [-0.4, -0.2) is 18.3 Å². The van der Waals surface area contributed by atoms with Crippen LogP contribution in [0.3, 0.4) is 0 Å². The molecule has 0 bridgehead atoms. The van der Waals surface area contributed by atoms with Gasteiger partial charge in [0.15, 0.2) is 0 Å². The third-order valence-electron chi connectivity index (χ3n) is 2.66. The van der Waals surface area contributed by atoms with E-state index < -0.39 is 17.7 Å². The standard InChI is InChI=1S/C12H15BrF2O2/c1-7(17-2)3-6-10(16)11-9(14)5-4-8(13)12(11)15/h4-5,7,10,16H,3,6H2,1-2H3. The number of benzene rings is 1. The zero-order valence-electron chi connectivity index (χ0n) is 9.71. The fourth-order valence-corrected chi connectivity index (χ4v) is 1.85. The van der Waals surface area contributed by atoms with Crippen LogP contribution in [0, 0.1) is 11.6 Å². The van der Waals surface area contributed by atoms with Crippen molar-refractivity contribution in [2.45, 2.75) is 32.0 Å². The van der Waals surface area contributed by atoms with Crippen molar-refractivity contribution in [2.24, 2.45) is 0 Å². The van der Waals surface area contributed by atoms with Crippen molar-refractivity contribution in [3.8, 4) is 0 Å². The molecule has 0 aromatic heterocycles. The minimum absolute atomic E-state index is 0.0528. The minimum atomic E-state index is -1.16. The molecule has 2 atom stereocenters. The number of hydrogen-bond donors (Lipinski definition) is 1. The van der Waals surface area contributed by atoms with Crippen molar-refractivity contribution in [2.75, 3.05) is 7.11 Å². The predicted molar refractivity (Wildman–Crippen MR) is 64.7 cm³/mol. The molecule has 5 heteroatoms. The molecule has 0 fully saturated rings. The topological polar surface area (TPSA) is 29.5 Å². The second-order valence-electron chi connectivity index (χ2n) is 3.90. The summed E-state index contributed by atoms with van der Waals surface area (Å²) in [6.07, 6.45) is -0.435. The highest BCUT2D eigenvalue weighted by Gasteiger charge is 2.20. The van der Waals surface area contributed by atoms with Crippen molar-refractivity contribution in [1.29, 1.82) is 0 Å². The summed E-state index contributed by atoms with van der Waals surface area (Å²) in [5.74, 6) is -1.48. The van der Waals surface area contributed by atoms with Crippen molar-refractivity contribution in [3.05, 3.63) is 33.8 Å². The van der Waals surface area contributed by atoms with Crippen molar-refractivity contribution in [3.63, 3.8) is 0 Å². The first-order valence-corrected chi connectivity index (χ1v) is 6.11. The van der Waals surface area contributed by atoms with Crippen LogP contribution in [-0.2, 0) is 4.74 Å². The Balaban J connectivity index is 2.81. The number of aliphatic hydroxyl groups is 1. The Morgan fingerprint density at radius 3 is 2.59 bits per heavy atom. The molecule has 0 aliphatic rings. The number of hydrogen-bond acceptors (Lipinski definition) is 2.